The van der Waals surface area contributed by atoms with Crippen LogP contribution in [0.2, 0.25) is 0 Å². The predicted octanol–water partition coefficient (Wildman–Crippen LogP) is 2.85. The van der Waals surface area contributed by atoms with E-state index in [1.807, 2.05) is 30.5 Å². The molecule has 0 fully saturated rings. The van der Waals surface area contributed by atoms with Gasteiger partial charge in [-0.2, -0.15) is 0 Å². The first-order valence-electron chi connectivity index (χ1n) is 8.82. The molecule has 0 aliphatic carbocycles. The lowest BCUT2D eigenvalue weighted by Gasteiger charge is -2.09. The number of amides is 2. The zero-order valence-corrected chi connectivity index (χ0v) is 14.1. The second-order valence-electron chi connectivity index (χ2n) is 6.41. The molecule has 7 nitrogen and oxygen atoms in total. The number of aromatic nitrogens is 4. The number of nitrogens with zero attached hydrogens (tertiary/aromatic N) is 3. The molecule has 0 radical (unpaired) electrons. The maximum atomic E-state index is 12.1. The SMILES string of the molecule is O=C(NCCc1nnc2n1CCCCC2)Nc1ccc2[nH]ccc2c1. The van der Waals surface area contributed by atoms with Crippen LogP contribution < -0.4 is 10.6 Å². The summed E-state index contributed by atoms with van der Waals surface area (Å²) >= 11 is 0. The predicted molar refractivity (Wildman–Crippen MR) is 96.6 cm³/mol. The van der Waals surface area contributed by atoms with E-state index < -0.39 is 0 Å². The normalized spacial score (nSPS) is 14.1. The van der Waals surface area contributed by atoms with Gasteiger partial charge in [-0.1, -0.05) is 6.42 Å². The molecule has 130 valence electrons. The lowest BCUT2D eigenvalue weighted by atomic mass is 10.2. The minimum Gasteiger partial charge on any atom is -0.361 e. The van der Waals surface area contributed by atoms with Crippen molar-refractivity contribution in [2.75, 3.05) is 11.9 Å². The number of hydrogen-bond donors (Lipinski definition) is 3. The Hall–Kier alpha value is -2.83. The minimum atomic E-state index is -0.203. The Morgan fingerprint density at radius 1 is 1.20 bits per heavy atom. The van der Waals surface area contributed by atoms with Crippen molar-refractivity contribution < 1.29 is 4.79 Å². The van der Waals surface area contributed by atoms with Gasteiger partial charge in [0.1, 0.15) is 11.6 Å². The van der Waals surface area contributed by atoms with Crippen molar-refractivity contribution in [3.05, 3.63) is 42.1 Å². The molecule has 0 atom stereocenters. The maximum Gasteiger partial charge on any atom is 0.319 e. The Bertz CT molecular complexity index is 881. The molecule has 0 unspecified atom stereocenters. The number of fused-ring (bicyclic) bond motifs is 2. The van der Waals surface area contributed by atoms with Crippen LogP contribution >= 0.6 is 0 Å². The molecular weight excluding hydrogens is 316 g/mol. The number of aromatic amines is 1. The molecule has 0 bridgehead atoms. The third kappa shape index (κ3) is 3.50. The number of carbonyl (C=O) groups is 1. The number of aryl methyl sites for hydroxylation is 1. The van der Waals surface area contributed by atoms with Gasteiger partial charge in [-0.25, -0.2) is 4.79 Å². The fourth-order valence-corrected chi connectivity index (χ4v) is 3.32. The highest BCUT2D eigenvalue weighted by Gasteiger charge is 2.14. The highest BCUT2D eigenvalue weighted by atomic mass is 16.2. The van der Waals surface area contributed by atoms with Crippen LogP contribution in [0.4, 0.5) is 10.5 Å². The van der Waals surface area contributed by atoms with E-state index >= 15 is 0 Å². The van der Waals surface area contributed by atoms with Gasteiger partial charge in [-0.3, -0.25) is 0 Å². The van der Waals surface area contributed by atoms with E-state index in [2.05, 4.69) is 30.4 Å². The number of benzene rings is 1. The van der Waals surface area contributed by atoms with Crippen molar-refractivity contribution in [2.45, 2.75) is 38.6 Å². The largest absolute Gasteiger partial charge is 0.361 e. The zero-order valence-electron chi connectivity index (χ0n) is 14.1. The van der Waals surface area contributed by atoms with Crippen LogP contribution in [0.15, 0.2) is 30.5 Å². The fourth-order valence-electron chi connectivity index (χ4n) is 3.32. The van der Waals surface area contributed by atoms with Gasteiger partial charge >= 0.3 is 6.03 Å². The lowest BCUT2D eigenvalue weighted by molar-refractivity contribution is 0.252. The van der Waals surface area contributed by atoms with E-state index in [0.717, 1.165) is 41.2 Å². The smallest absolute Gasteiger partial charge is 0.319 e. The molecule has 0 spiro atoms. The summed E-state index contributed by atoms with van der Waals surface area (Å²) in [4.78, 5) is 15.2. The molecule has 2 amide bonds. The molecule has 25 heavy (non-hydrogen) atoms. The minimum absolute atomic E-state index is 0.203. The number of carbonyl (C=O) groups excluding carboxylic acids is 1. The maximum absolute atomic E-state index is 12.1. The number of nitrogens with one attached hydrogen (secondary N) is 3. The molecule has 3 heterocycles. The molecule has 1 aliphatic heterocycles. The van der Waals surface area contributed by atoms with Crippen LogP contribution in [0.1, 0.15) is 30.9 Å². The van der Waals surface area contributed by atoms with Gasteiger partial charge in [0.15, 0.2) is 0 Å². The first kappa shape index (κ1) is 15.7. The van der Waals surface area contributed by atoms with Gasteiger partial charge in [0.2, 0.25) is 0 Å². The Balaban J connectivity index is 1.31. The Labute approximate surface area is 145 Å². The second kappa shape index (κ2) is 6.96. The zero-order chi connectivity index (χ0) is 17.1. The quantitative estimate of drug-likeness (QED) is 0.683. The molecule has 0 saturated carbocycles. The Kier molecular flexibility index (Phi) is 4.37. The number of H-pyrrole nitrogens is 1. The monoisotopic (exact) mass is 338 g/mol. The average molecular weight is 338 g/mol. The van der Waals surface area contributed by atoms with E-state index in [4.69, 9.17) is 0 Å². The van der Waals surface area contributed by atoms with Crippen molar-refractivity contribution in [2.24, 2.45) is 0 Å². The van der Waals surface area contributed by atoms with Crippen molar-refractivity contribution in [3.63, 3.8) is 0 Å². The van der Waals surface area contributed by atoms with Crippen LogP contribution in [0.25, 0.3) is 10.9 Å². The summed E-state index contributed by atoms with van der Waals surface area (Å²) in [6.07, 6.45) is 7.18. The molecule has 4 rings (SSSR count). The van der Waals surface area contributed by atoms with Crippen molar-refractivity contribution >= 4 is 22.6 Å². The molecule has 1 aliphatic rings. The summed E-state index contributed by atoms with van der Waals surface area (Å²) in [6.45, 7) is 1.52. The van der Waals surface area contributed by atoms with E-state index in [0.29, 0.717) is 13.0 Å². The third-order valence-electron chi connectivity index (χ3n) is 4.63. The summed E-state index contributed by atoms with van der Waals surface area (Å²) in [6, 6.07) is 7.57. The van der Waals surface area contributed by atoms with Gasteiger partial charge in [0, 0.05) is 48.7 Å². The lowest BCUT2D eigenvalue weighted by Crippen LogP contribution is -2.31. The van der Waals surface area contributed by atoms with Crippen LogP contribution in [0.3, 0.4) is 0 Å². The molecule has 7 heteroatoms. The van der Waals surface area contributed by atoms with Crippen LogP contribution in [-0.2, 0) is 19.4 Å². The average Bonchev–Trinajstić information content (AvgIpc) is 3.15. The number of hydrogen-bond acceptors (Lipinski definition) is 3. The molecule has 3 aromatic rings. The van der Waals surface area contributed by atoms with E-state index in [9.17, 15) is 4.79 Å². The first-order chi connectivity index (χ1) is 12.3. The molecule has 2 aromatic heterocycles. The topological polar surface area (TPSA) is 87.6 Å². The van der Waals surface area contributed by atoms with Crippen molar-refractivity contribution in [1.29, 1.82) is 0 Å². The molecular formula is C18H22N6O. The summed E-state index contributed by atoms with van der Waals surface area (Å²) in [5, 5.41) is 15.4. The number of urea groups is 1. The van der Waals surface area contributed by atoms with Gasteiger partial charge in [0.05, 0.1) is 0 Å². The summed E-state index contributed by atoms with van der Waals surface area (Å²) in [7, 11) is 0. The Morgan fingerprint density at radius 3 is 3.12 bits per heavy atom. The highest BCUT2D eigenvalue weighted by molar-refractivity contribution is 5.92. The van der Waals surface area contributed by atoms with Crippen LogP contribution in [0.5, 0.6) is 0 Å². The number of anilines is 1. The van der Waals surface area contributed by atoms with Crippen molar-refractivity contribution in [3.8, 4) is 0 Å². The molecule has 1 aromatic carbocycles. The first-order valence-corrected chi connectivity index (χ1v) is 8.82. The van der Waals surface area contributed by atoms with Gasteiger partial charge in [0.25, 0.3) is 0 Å². The molecule has 3 N–H and O–H groups in total. The summed E-state index contributed by atoms with van der Waals surface area (Å²) in [5.41, 5.74) is 1.83. The Morgan fingerprint density at radius 2 is 2.16 bits per heavy atom. The van der Waals surface area contributed by atoms with Gasteiger partial charge < -0.3 is 20.2 Å². The van der Waals surface area contributed by atoms with Crippen LogP contribution in [0, 0.1) is 0 Å². The van der Waals surface area contributed by atoms with E-state index in [-0.39, 0.29) is 6.03 Å². The summed E-state index contributed by atoms with van der Waals surface area (Å²) in [5.74, 6) is 2.04. The summed E-state index contributed by atoms with van der Waals surface area (Å²) < 4.78 is 2.21. The van der Waals surface area contributed by atoms with E-state index in [1.54, 1.807) is 0 Å². The van der Waals surface area contributed by atoms with Gasteiger partial charge in [-0.15, -0.1) is 10.2 Å². The second-order valence-corrected chi connectivity index (χ2v) is 6.41. The fraction of sp³-hybridized carbons (Fsp3) is 0.389. The van der Waals surface area contributed by atoms with Crippen molar-refractivity contribution in [1.82, 2.24) is 25.1 Å². The van der Waals surface area contributed by atoms with E-state index in [1.165, 1.54) is 19.3 Å². The molecule has 0 saturated heterocycles. The third-order valence-corrected chi connectivity index (χ3v) is 4.63. The van der Waals surface area contributed by atoms with Crippen LogP contribution in [-0.4, -0.2) is 32.3 Å². The highest BCUT2D eigenvalue weighted by Crippen LogP contribution is 2.17. The van der Waals surface area contributed by atoms with Gasteiger partial charge in [-0.05, 0) is 37.1 Å². The standard InChI is InChI=1S/C18H22N6O/c25-18(21-14-5-6-15-13(12-14)7-9-19-15)20-10-8-17-23-22-16-4-2-1-3-11-24(16)17/h5-7,9,12,19H,1-4,8,10-11H2,(H2,20,21,25). The number of rotatable bonds is 4.